The predicted octanol–water partition coefficient (Wildman–Crippen LogP) is 3.37. The second-order valence-electron chi connectivity index (χ2n) is 10.7. The quantitative estimate of drug-likeness (QED) is 0.174. The average Bonchev–Trinajstić information content (AvgIpc) is 3.49. The fraction of sp³-hybridized carbons (Fsp3) is 0.464. The largest absolute Gasteiger partial charge is 0.384 e. The Bertz CT molecular complexity index is 1380. The summed E-state index contributed by atoms with van der Waals surface area (Å²) in [6.45, 7) is 4.12. The third kappa shape index (κ3) is 6.03. The smallest absolute Gasteiger partial charge is 0.365 e. The highest BCUT2D eigenvalue weighted by atomic mass is 16.7. The van der Waals surface area contributed by atoms with Crippen molar-refractivity contribution in [2.75, 3.05) is 31.5 Å². The van der Waals surface area contributed by atoms with Crippen molar-refractivity contribution in [3.05, 3.63) is 47.7 Å². The average molecular weight is 531 g/mol. The standard InChI is InChI=1S/C28H34N8O3/c29-25(19-3-1-2-4-19)34-39-27(38)21-7-8-22-23(16-21)32-28(31-22)33-24-15-18(9-10-30-24)17-35-11-13-36(14-12-35)26(37)20-5-6-20/h7-10,15-16,19-20H,1-6,11-14,17H2,(H2,29,34)(H2,30,31,32,33). The predicted molar refractivity (Wildman–Crippen MR) is 147 cm³/mol. The molecule has 3 aromatic rings. The Morgan fingerprint density at radius 3 is 2.62 bits per heavy atom. The topological polar surface area (TPSA) is 142 Å². The van der Waals surface area contributed by atoms with E-state index in [9.17, 15) is 9.59 Å². The molecular formula is C28H34N8O3. The lowest BCUT2D eigenvalue weighted by Crippen LogP contribution is -2.48. The minimum Gasteiger partial charge on any atom is -0.384 e. The zero-order valence-electron chi connectivity index (χ0n) is 21.9. The maximum Gasteiger partial charge on any atom is 0.365 e. The molecule has 3 fully saturated rings. The van der Waals surface area contributed by atoms with Gasteiger partial charge in [0.2, 0.25) is 11.9 Å². The van der Waals surface area contributed by atoms with Crippen LogP contribution >= 0.6 is 0 Å². The lowest BCUT2D eigenvalue weighted by atomic mass is 10.1. The molecule has 0 radical (unpaired) electrons. The molecule has 11 nitrogen and oxygen atoms in total. The first kappa shape index (κ1) is 25.3. The monoisotopic (exact) mass is 530 g/mol. The second-order valence-corrected chi connectivity index (χ2v) is 10.7. The van der Waals surface area contributed by atoms with Crippen LogP contribution in [0.5, 0.6) is 0 Å². The Labute approximate surface area is 226 Å². The molecule has 2 saturated carbocycles. The van der Waals surface area contributed by atoms with Gasteiger partial charge >= 0.3 is 5.97 Å². The molecule has 0 unspecified atom stereocenters. The molecule has 1 aromatic carbocycles. The number of H-pyrrole nitrogens is 1. The number of nitrogens with two attached hydrogens (primary N) is 1. The summed E-state index contributed by atoms with van der Waals surface area (Å²) in [4.78, 5) is 46.5. The molecule has 4 N–H and O–H groups in total. The molecule has 1 amide bonds. The van der Waals surface area contributed by atoms with Gasteiger partial charge in [-0.1, -0.05) is 18.0 Å². The van der Waals surface area contributed by atoms with Gasteiger partial charge in [0.25, 0.3) is 0 Å². The van der Waals surface area contributed by atoms with Gasteiger partial charge in [0.15, 0.2) is 0 Å². The van der Waals surface area contributed by atoms with Crippen molar-refractivity contribution in [1.82, 2.24) is 24.8 Å². The summed E-state index contributed by atoms with van der Waals surface area (Å²) in [6.07, 6.45) is 8.11. The molecule has 1 saturated heterocycles. The molecule has 11 heteroatoms. The Balaban J connectivity index is 1.05. The van der Waals surface area contributed by atoms with Crippen molar-refractivity contribution in [2.24, 2.45) is 22.7 Å². The van der Waals surface area contributed by atoms with Gasteiger partial charge in [-0.2, -0.15) is 0 Å². The van der Waals surface area contributed by atoms with Crippen molar-refractivity contribution in [3.63, 3.8) is 0 Å². The van der Waals surface area contributed by atoms with Gasteiger partial charge in [0.1, 0.15) is 11.7 Å². The Morgan fingerprint density at radius 2 is 1.85 bits per heavy atom. The molecule has 0 bridgehead atoms. The second kappa shape index (κ2) is 11.0. The number of aromatic nitrogens is 3. The molecule has 39 heavy (non-hydrogen) atoms. The number of carbonyl (C=O) groups excluding carboxylic acids is 2. The summed E-state index contributed by atoms with van der Waals surface area (Å²) in [5.41, 5.74) is 8.88. The van der Waals surface area contributed by atoms with E-state index >= 15 is 0 Å². The third-order valence-corrected chi connectivity index (χ3v) is 7.81. The molecule has 3 heterocycles. The highest BCUT2D eigenvalue weighted by Gasteiger charge is 2.34. The number of piperazine rings is 1. The first-order valence-corrected chi connectivity index (χ1v) is 13.8. The van der Waals surface area contributed by atoms with Gasteiger partial charge in [0.05, 0.1) is 16.6 Å². The van der Waals surface area contributed by atoms with Crippen LogP contribution in [0.3, 0.4) is 0 Å². The summed E-state index contributed by atoms with van der Waals surface area (Å²) in [5, 5.41) is 7.10. The van der Waals surface area contributed by atoms with E-state index in [2.05, 4.69) is 30.3 Å². The fourth-order valence-electron chi connectivity index (χ4n) is 5.37. The van der Waals surface area contributed by atoms with Gasteiger partial charge < -0.3 is 25.8 Å². The van der Waals surface area contributed by atoms with Gasteiger partial charge in [-0.3, -0.25) is 9.69 Å². The highest BCUT2D eigenvalue weighted by molar-refractivity contribution is 5.94. The molecular weight excluding hydrogens is 496 g/mol. The van der Waals surface area contributed by atoms with Crippen LogP contribution in [-0.4, -0.2) is 68.6 Å². The molecule has 2 aliphatic carbocycles. The number of aromatic amines is 1. The van der Waals surface area contributed by atoms with Gasteiger partial charge in [-0.15, -0.1) is 0 Å². The first-order chi connectivity index (χ1) is 19.0. The molecule has 204 valence electrons. The van der Waals surface area contributed by atoms with E-state index in [0.717, 1.165) is 76.8 Å². The van der Waals surface area contributed by atoms with Crippen LogP contribution in [0, 0.1) is 11.8 Å². The summed E-state index contributed by atoms with van der Waals surface area (Å²) in [7, 11) is 0. The number of fused-ring (bicyclic) bond motifs is 1. The third-order valence-electron chi connectivity index (χ3n) is 7.81. The van der Waals surface area contributed by atoms with Crippen molar-refractivity contribution in [3.8, 4) is 0 Å². The van der Waals surface area contributed by atoms with Crippen molar-refractivity contribution in [2.45, 2.75) is 45.1 Å². The minimum absolute atomic E-state index is 0.196. The fourth-order valence-corrected chi connectivity index (χ4v) is 5.37. The number of carbonyl (C=O) groups is 2. The van der Waals surface area contributed by atoms with Crippen LogP contribution in [0.4, 0.5) is 11.8 Å². The number of amidine groups is 1. The Morgan fingerprint density at radius 1 is 1.05 bits per heavy atom. The van der Waals surface area contributed by atoms with E-state index in [4.69, 9.17) is 10.6 Å². The van der Waals surface area contributed by atoms with Crippen molar-refractivity contribution in [1.29, 1.82) is 0 Å². The minimum atomic E-state index is -0.561. The lowest BCUT2D eigenvalue weighted by molar-refractivity contribution is -0.134. The summed E-state index contributed by atoms with van der Waals surface area (Å²) < 4.78 is 0. The van der Waals surface area contributed by atoms with Crippen LogP contribution in [0.1, 0.15) is 54.4 Å². The number of benzene rings is 1. The zero-order valence-corrected chi connectivity index (χ0v) is 21.9. The number of imidazole rings is 1. The van der Waals surface area contributed by atoms with Crippen molar-refractivity contribution >= 4 is 40.5 Å². The number of oxime groups is 1. The van der Waals surface area contributed by atoms with Crippen molar-refractivity contribution < 1.29 is 14.4 Å². The number of nitrogens with one attached hydrogen (secondary N) is 2. The number of anilines is 2. The van der Waals surface area contributed by atoms with E-state index in [1.54, 1.807) is 24.4 Å². The van der Waals surface area contributed by atoms with Gasteiger partial charge in [-0.05, 0) is 61.6 Å². The molecule has 6 rings (SSSR count). The van der Waals surface area contributed by atoms with E-state index in [1.807, 2.05) is 17.0 Å². The summed E-state index contributed by atoms with van der Waals surface area (Å²) >= 11 is 0. The summed E-state index contributed by atoms with van der Waals surface area (Å²) in [5.74, 6) is 1.83. The summed E-state index contributed by atoms with van der Waals surface area (Å²) in [6, 6.07) is 9.12. The van der Waals surface area contributed by atoms with Crippen LogP contribution in [0.15, 0.2) is 41.7 Å². The van der Waals surface area contributed by atoms with Crippen LogP contribution < -0.4 is 11.1 Å². The SMILES string of the molecule is N/C(=N\OC(=O)c1ccc2nc(Nc3cc(CN4CCN(C(=O)C5CC5)CC4)ccn3)[nH]c2c1)C1CCCC1. The number of nitrogens with zero attached hydrogens (tertiary/aromatic N) is 5. The molecule has 1 aliphatic heterocycles. The first-order valence-electron chi connectivity index (χ1n) is 13.8. The molecule has 3 aliphatic rings. The Hall–Kier alpha value is -3.99. The normalized spacial score (nSPS) is 19.0. The van der Waals surface area contributed by atoms with E-state index in [-0.39, 0.29) is 11.8 Å². The highest BCUT2D eigenvalue weighted by Crippen LogP contribution is 2.31. The van der Waals surface area contributed by atoms with Gasteiger partial charge in [-0.25, -0.2) is 14.8 Å². The lowest BCUT2D eigenvalue weighted by Gasteiger charge is -2.34. The number of hydrogen-bond donors (Lipinski definition) is 3. The maximum absolute atomic E-state index is 12.5. The van der Waals surface area contributed by atoms with Crippen LogP contribution in [-0.2, 0) is 16.2 Å². The molecule has 0 atom stereocenters. The number of amides is 1. The van der Waals surface area contributed by atoms with E-state index in [1.165, 1.54) is 0 Å². The van der Waals surface area contributed by atoms with Crippen LogP contribution in [0.2, 0.25) is 0 Å². The van der Waals surface area contributed by atoms with Gasteiger partial charge in [0, 0.05) is 50.8 Å². The van der Waals surface area contributed by atoms with E-state index < -0.39 is 5.97 Å². The number of pyridine rings is 1. The Kier molecular flexibility index (Phi) is 7.14. The maximum atomic E-state index is 12.5. The molecule has 2 aromatic heterocycles. The zero-order chi connectivity index (χ0) is 26.8. The number of hydrogen-bond acceptors (Lipinski definition) is 8. The van der Waals surface area contributed by atoms with E-state index in [0.29, 0.717) is 40.1 Å². The molecule has 0 spiro atoms. The number of rotatable bonds is 8. The van der Waals surface area contributed by atoms with Crippen LogP contribution in [0.25, 0.3) is 11.0 Å².